The molecular weight excluding hydrogens is 1880 g/mol. The molecule has 2 aliphatic rings. The van der Waals surface area contributed by atoms with Crippen LogP contribution in [0.2, 0.25) is 0 Å². The largest absolute Gasteiger partial charge is 0.457 e. The number of hydrogen-bond acceptors (Lipinski definition) is 7. The van der Waals surface area contributed by atoms with Crippen molar-refractivity contribution in [3.05, 3.63) is 563 Å². The second-order valence-electron chi connectivity index (χ2n) is 35.6. The van der Waals surface area contributed by atoms with Gasteiger partial charge in [0.15, 0.2) is 46.5 Å². The van der Waals surface area contributed by atoms with Gasteiger partial charge in [0.2, 0.25) is 11.6 Å². The minimum absolute atomic E-state index is 0.145. The van der Waals surface area contributed by atoms with E-state index in [-0.39, 0.29) is 33.4 Å². The lowest BCUT2D eigenvalue weighted by atomic mass is 9.67. The lowest BCUT2D eigenvalue weighted by molar-refractivity contribution is 0.363. The summed E-state index contributed by atoms with van der Waals surface area (Å²) in [6.07, 6.45) is 3.35. The Labute approximate surface area is 833 Å². The molecule has 0 bridgehead atoms. The molecule has 0 spiro atoms. The van der Waals surface area contributed by atoms with E-state index in [9.17, 15) is 8.78 Å². The molecule has 21 aromatic rings. The van der Waals surface area contributed by atoms with Gasteiger partial charge in [-0.3, -0.25) is 0 Å². The Morgan fingerprint density at radius 1 is 0.211 bits per heavy atom. The van der Waals surface area contributed by atoms with Crippen molar-refractivity contribution in [2.24, 2.45) is 0 Å². The van der Waals surface area contributed by atoms with E-state index in [1.807, 2.05) is 143 Å². The normalized spacial score (nSPS) is 13.8. The van der Waals surface area contributed by atoms with Crippen LogP contribution in [0.3, 0.4) is 0 Å². The maximum Gasteiger partial charge on any atom is 0.200 e. The Morgan fingerprint density at radius 3 is 0.707 bits per heavy atom. The highest BCUT2D eigenvalue weighted by molar-refractivity contribution is 6.08. The fourth-order valence-electron chi connectivity index (χ4n) is 20.7. The highest BCUT2D eigenvalue weighted by atomic mass is 19.2. The van der Waals surface area contributed by atoms with Gasteiger partial charge in [0.05, 0.1) is 10.8 Å². The first-order valence-electron chi connectivity index (χ1n) is 46.7. The molecule has 1 heterocycles. The molecule has 7 nitrogen and oxygen atoms in total. The van der Waals surface area contributed by atoms with Gasteiger partial charge >= 0.3 is 0 Å². The molecule has 21 heteroatoms. The van der Waals surface area contributed by atoms with E-state index < -0.39 is 103 Å². The highest BCUT2D eigenvalue weighted by Gasteiger charge is 2.54. The summed E-state index contributed by atoms with van der Waals surface area (Å²) in [5.74, 6) is -21.7. The van der Waals surface area contributed by atoms with Gasteiger partial charge in [0.25, 0.3) is 0 Å². The molecule has 0 aliphatic heterocycles. The van der Waals surface area contributed by atoms with E-state index in [2.05, 4.69) is 13.2 Å². The lowest BCUT2D eigenvalue weighted by Gasteiger charge is -2.35. The van der Waals surface area contributed by atoms with Gasteiger partial charge in [-0.1, -0.05) is 183 Å². The van der Waals surface area contributed by atoms with Crippen molar-refractivity contribution in [3.8, 4) is 67.5 Å². The molecule has 2 unspecified atom stereocenters. The Morgan fingerprint density at radius 2 is 0.435 bits per heavy atom. The minimum atomic E-state index is -2.32. The first-order chi connectivity index (χ1) is 71.5. The molecule has 0 fully saturated rings. The van der Waals surface area contributed by atoms with E-state index >= 15 is 52.7 Å². The summed E-state index contributed by atoms with van der Waals surface area (Å²) in [6.45, 7) is 7.62. The molecule has 1 aromatic heterocycles. The van der Waals surface area contributed by atoms with E-state index in [1.165, 1.54) is 48.5 Å². The number of nitrogens with zero attached hydrogens (tertiary/aromatic N) is 4. The van der Waals surface area contributed by atoms with Crippen LogP contribution < -0.4 is 29.1 Å². The molecule has 2 aliphatic carbocycles. The molecule has 0 radical (unpaired) electrons. The van der Waals surface area contributed by atoms with Gasteiger partial charge in [-0.25, -0.2) is 61.5 Å². The summed E-state index contributed by atoms with van der Waals surface area (Å²) >= 11 is 0. The zero-order chi connectivity index (χ0) is 101. The number of fused-ring (bicyclic) bond motifs is 9. The van der Waals surface area contributed by atoms with Crippen LogP contribution in [0.4, 0.5) is 130 Å². The summed E-state index contributed by atoms with van der Waals surface area (Å²) in [5.41, 5.74) is 8.68. The predicted octanol–water partition coefficient (Wildman–Crippen LogP) is 36.3. The SMILES string of the molecule is C=Cc1ccc(Oc2ccc(C3(c4c(F)c(F)c(F)c(F)c4F)c4ccccc4-c4ccc(N(c5ccc(F)cc5)c5ccc(-c6ccc(N(c7ccc(F)cc7)c7ccc8c(c7)oc7cc(N(c9ccc(F)cc9)c9ccc(-c%10ccc(N(c%11ccc(F)cc%11)c%11ccc%12c(c%11)C(c%11ccc(Oc%13ccc(C=C)cc%13)cc%11)(c%11c(F)c(F)c(F)c(F)c%11F)c%11ccccc%11-%12)cc%10)cc9)ccc78)cc6)cc5)cc43)cc2)cc1. The van der Waals surface area contributed by atoms with Crippen molar-refractivity contribution < 1.29 is 75.4 Å². The third-order valence-corrected chi connectivity index (χ3v) is 27.5. The van der Waals surface area contributed by atoms with Crippen molar-refractivity contribution in [2.45, 2.75) is 10.8 Å². The molecular formula is C126H74F14N4O3. The molecule has 147 heavy (non-hydrogen) atoms. The van der Waals surface area contributed by atoms with Gasteiger partial charge in [-0.05, 0) is 332 Å². The quantitative estimate of drug-likeness (QED) is 0.0339. The number of hydrogen-bond donors (Lipinski definition) is 0. The van der Waals surface area contributed by atoms with E-state index in [1.54, 1.807) is 252 Å². The molecule has 0 amide bonds. The Bertz CT molecular complexity index is 8200. The van der Waals surface area contributed by atoms with Crippen molar-refractivity contribution in [2.75, 3.05) is 19.6 Å². The zero-order valence-corrected chi connectivity index (χ0v) is 77.1. The molecule has 20 aromatic carbocycles. The standard InChI is InChI=1S/C126H74F14N4O3/c1-3-73-13-57-97(58-14-73)145-99-61-25-79(26-62-99)125(113-115(131)119(135)123(139)120(136)116(113)132)107-11-7-5-9-101(107)103-65-53-93(69-109(103)125)141(89-45-29-81(127)30-46-89)85-37-17-75(18-38-85)77-21-41-87(42-22-77)143(91-49-33-83(129)34-50-91)95-55-67-105-106-68-56-96(72-112(106)147-111(105)71-95)144(92-51-35-84(130)36-52-92)88-43-23-78(24-44-88)76-19-39-86(40-20-76)142(90-47-31-82(128)32-48-90)94-54-66-104-102-10-6-8-12-108(102)126(110(104)70-94,114-117(133)121(137)124(140)122(138)118(114)134)80-27-63-100(64-28-80)146-98-59-15-74(4-2)16-60-98/h3-72H,1-2H2. The van der Waals surface area contributed by atoms with Gasteiger partial charge in [0, 0.05) is 102 Å². The van der Waals surface area contributed by atoms with Crippen LogP contribution in [0.5, 0.6) is 23.0 Å². The average Bonchev–Trinajstić information content (AvgIpc) is 1.53. The first-order valence-corrected chi connectivity index (χ1v) is 46.7. The van der Waals surface area contributed by atoms with Crippen LogP contribution in [-0.4, -0.2) is 0 Å². The number of halogens is 14. The molecule has 0 saturated carbocycles. The van der Waals surface area contributed by atoms with Crippen LogP contribution in [0.25, 0.3) is 78.6 Å². The zero-order valence-electron chi connectivity index (χ0n) is 77.1. The maximum absolute atomic E-state index is 17.2. The first kappa shape index (κ1) is 92.2. The summed E-state index contributed by atoms with van der Waals surface area (Å²) in [6, 6.07) is 116. The van der Waals surface area contributed by atoms with Gasteiger partial charge in [0.1, 0.15) is 57.4 Å². The van der Waals surface area contributed by atoms with Crippen molar-refractivity contribution in [3.63, 3.8) is 0 Å². The number of benzene rings is 20. The lowest BCUT2D eigenvalue weighted by Crippen LogP contribution is -2.32. The highest BCUT2D eigenvalue weighted by Crippen LogP contribution is 2.62. The second kappa shape index (κ2) is 37.1. The van der Waals surface area contributed by atoms with Crippen molar-refractivity contribution in [1.29, 1.82) is 0 Å². The number of rotatable bonds is 24. The molecule has 2 atom stereocenters. The molecule has 0 N–H and O–H groups in total. The van der Waals surface area contributed by atoms with Gasteiger partial charge < -0.3 is 33.5 Å². The Balaban J connectivity index is 0.546. The smallest absolute Gasteiger partial charge is 0.200 e. The Kier molecular flexibility index (Phi) is 23.3. The number of ether oxygens (including phenoxy) is 2. The topological polar surface area (TPSA) is 44.6 Å². The predicted molar refractivity (Wildman–Crippen MR) is 551 cm³/mol. The van der Waals surface area contributed by atoms with E-state index in [0.717, 1.165) is 44.2 Å². The van der Waals surface area contributed by atoms with Crippen LogP contribution in [-0.2, 0) is 10.8 Å². The van der Waals surface area contributed by atoms with Crippen LogP contribution in [0.1, 0.15) is 55.6 Å². The van der Waals surface area contributed by atoms with Crippen LogP contribution >= 0.6 is 0 Å². The molecule has 0 saturated heterocycles. The molecule has 714 valence electrons. The van der Waals surface area contributed by atoms with Crippen LogP contribution in [0, 0.1) is 81.4 Å². The summed E-state index contributed by atoms with van der Waals surface area (Å²) in [4.78, 5) is 7.50. The maximum atomic E-state index is 17.2. The monoisotopic (exact) mass is 1960 g/mol. The third-order valence-electron chi connectivity index (χ3n) is 27.5. The van der Waals surface area contributed by atoms with E-state index in [4.69, 9.17) is 13.9 Å². The summed E-state index contributed by atoms with van der Waals surface area (Å²) in [7, 11) is 0. The summed E-state index contributed by atoms with van der Waals surface area (Å²) < 4.78 is 243. The molecule has 23 rings (SSSR count). The van der Waals surface area contributed by atoms with E-state index in [0.29, 0.717) is 125 Å². The number of furan rings is 1. The van der Waals surface area contributed by atoms with Crippen molar-refractivity contribution in [1.82, 2.24) is 0 Å². The number of anilines is 12. The minimum Gasteiger partial charge on any atom is -0.457 e. The average molecular weight is 1960 g/mol. The van der Waals surface area contributed by atoms with Gasteiger partial charge in [-0.15, -0.1) is 0 Å². The second-order valence-corrected chi connectivity index (χ2v) is 35.6. The summed E-state index contributed by atoms with van der Waals surface area (Å²) in [5, 5.41) is 1.56. The van der Waals surface area contributed by atoms with Crippen LogP contribution in [0.15, 0.2) is 430 Å². The Hall–Kier alpha value is -18.5. The fourth-order valence-corrected chi connectivity index (χ4v) is 20.7. The van der Waals surface area contributed by atoms with Gasteiger partial charge in [-0.2, -0.15) is 0 Å². The fraction of sp³-hybridized carbons (Fsp3) is 0.0159. The van der Waals surface area contributed by atoms with Crippen molar-refractivity contribution >= 4 is 102 Å². The third kappa shape index (κ3) is 15.9.